The molecular formula is C25H25N7O. The van der Waals surface area contributed by atoms with Gasteiger partial charge < -0.3 is 19.9 Å². The topological polar surface area (TPSA) is 106 Å². The number of nitrogens with two attached hydrogens (primary N) is 1. The van der Waals surface area contributed by atoms with Gasteiger partial charge in [0.25, 0.3) is 0 Å². The predicted octanol–water partition coefficient (Wildman–Crippen LogP) is 3.52. The normalized spacial score (nSPS) is 15.8. The summed E-state index contributed by atoms with van der Waals surface area (Å²) in [6.45, 7) is 6.37. The van der Waals surface area contributed by atoms with Crippen molar-refractivity contribution in [2.45, 2.75) is 19.3 Å². The van der Waals surface area contributed by atoms with E-state index in [0.29, 0.717) is 17.0 Å². The Morgan fingerprint density at radius 1 is 1.24 bits per heavy atom. The number of imidazole rings is 1. The minimum atomic E-state index is -0.462. The fraction of sp³-hybridized carbons (Fsp3) is 0.200. The summed E-state index contributed by atoms with van der Waals surface area (Å²) in [7, 11) is 3.72. The first-order valence-corrected chi connectivity index (χ1v) is 10.5. The molecule has 0 bridgehead atoms. The second-order valence-corrected chi connectivity index (χ2v) is 7.80. The zero-order valence-corrected chi connectivity index (χ0v) is 18.9. The lowest BCUT2D eigenvalue weighted by molar-refractivity contribution is 0.187. The van der Waals surface area contributed by atoms with Crippen molar-refractivity contribution in [1.29, 1.82) is 5.26 Å². The summed E-state index contributed by atoms with van der Waals surface area (Å²) in [6, 6.07) is 10.3. The van der Waals surface area contributed by atoms with Gasteiger partial charge in [-0.1, -0.05) is 25.6 Å². The van der Waals surface area contributed by atoms with Crippen LogP contribution in [0.1, 0.15) is 29.8 Å². The van der Waals surface area contributed by atoms with Crippen LogP contribution in [0.4, 0.5) is 0 Å². The summed E-state index contributed by atoms with van der Waals surface area (Å²) in [5, 5.41) is 9.99. The average molecular weight is 440 g/mol. The zero-order valence-electron chi connectivity index (χ0n) is 18.9. The Morgan fingerprint density at radius 2 is 1.94 bits per heavy atom. The first-order chi connectivity index (χ1) is 16.0. The van der Waals surface area contributed by atoms with Crippen LogP contribution in [0.15, 0.2) is 84.9 Å². The highest BCUT2D eigenvalue weighted by Gasteiger charge is 2.35. The van der Waals surface area contributed by atoms with Crippen molar-refractivity contribution in [3.8, 4) is 11.8 Å². The van der Waals surface area contributed by atoms with Gasteiger partial charge in [0, 0.05) is 62.1 Å². The van der Waals surface area contributed by atoms with E-state index in [-0.39, 0.29) is 5.88 Å². The van der Waals surface area contributed by atoms with Gasteiger partial charge in [0.15, 0.2) is 0 Å². The maximum absolute atomic E-state index is 9.99. The number of nitriles is 1. The quantitative estimate of drug-likeness (QED) is 0.626. The predicted molar refractivity (Wildman–Crippen MR) is 125 cm³/mol. The Labute approximate surface area is 193 Å². The molecule has 1 atom stereocenters. The van der Waals surface area contributed by atoms with Crippen molar-refractivity contribution in [2.24, 2.45) is 5.73 Å². The van der Waals surface area contributed by atoms with Crippen LogP contribution in [0, 0.1) is 11.3 Å². The second-order valence-electron chi connectivity index (χ2n) is 7.80. The summed E-state index contributed by atoms with van der Waals surface area (Å²) < 4.78 is 7.94. The molecule has 2 N–H and O–H groups in total. The summed E-state index contributed by atoms with van der Waals surface area (Å²) >= 11 is 0. The number of rotatable bonds is 6. The third-order valence-corrected chi connectivity index (χ3v) is 5.58. The van der Waals surface area contributed by atoms with Gasteiger partial charge in [-0.2, -0.15) is 5.26 Å². The molecule has 0 saturated carbocycles. The molecule has 0 saturated heterocycles. The standard InChI is InChI=1S/C25H25N7O/c1-5-21-30-10-11-32(21)19-8-6-17(7-9-19)23-20(12-26)24(27)33-25(31(3)4)22(23)16(2)18-13-28-15-29-14-18/h6-11,13-15,23H,2,5,27H2,1,3-4H3. The van der Waals surface area contributed by atoms with E-state index in [9.17, 15) is 5.26 Å². The van der Waals surface area contributed by atoms with Crippen LogP contribution >= 0.6 is 0 Å². The zero-order chi connectivity index (χ0) is 23.5. The average Bonchev–Trinajstić information content (AvgIpc) is 3.32. The first kappa shape index (κ1) is 21.8. The molecular weight excluding hydrogens is 414 g/mol. The van der Waals surface area contributed by atoms with Gasteiger partial charge in [0.2, 0.25) is 11.8 Å². The van der Waals surface area contributed by atoms with Gasteiger partial charge in [0.1, 0.15) is 23.8 Å². The lowest BCUT2D eigenvalue weighted by Gasteiger charge is -2.33. The van der Waals surface area contributed by atoms with Crippen LogP contribution in [-0.4, -0.2) is 38.5 Å². The number of nitrogens with zero attached hydrogens (tertiary/aromatic N) is 6. The summed E-state index contributed by atoms with van der Waals surface area (Å²) in [5.41, 5.74) is 10.6. The fourth-order valence-corrected chi connectivity index (χ4v) is 3.98. The van der Waals surface area contributed by atoms with Crippen LogP contribution in [0.2, 0.25) is 0 Å². The summed E-state index contributed by atoms with van der Waals surface area (Å²) in [4.78, 5) is 14.5. The SMILES string of the molecule is C=C(C1=C(N(C)C)OC(N)=C(C#N)C1c1ccc(-n2ccnc2CC)cc1)c1cncnc1. The molecule has 0 spiro atoms. The maximum atomic E-state index is 9.99. The molecule has 0 fully saturated rings. The van der Waals surface area contributed by atoms with Crippen LogP contribution in [0.3, 0.4) is 0 Å². The maximum Gasteiger partial charge on any atom is 0.207 e. The highest BCUT2D eigenvalue weighted by atomic mass is 16.5. The van der Waals surface area contributed by atoms with Gasteiger partial charge >= 0.3 is 0 Å². The first-order valence-electron chi connectivity index (χ1n) is 10.5. The van der Waals surface area contributed by atoms with E-state index in [1.807, 2.05) is 54.0 Å². The van der Waals surface area contributed by atoms with Crippen molar-refractivity contribution in [1.82, 2.24) is 24.4 Å². The van der Waals surface area contributed by atoms with E-state index in [1.54, 1.807) is 18.6 Å². The van der Waals surface area contributed by atoms with Gasteiger partial charge in [-0.3, -0.25) is 0 Å². The largest absolute Gasteiger partial charge is 0.424 e. The number of aryl methyl sites for hydroxylation is 1. The smallest absolute Gasteiger partial charge is 0.207 e. The highest BCUT2D eigenvalue weighted by Crippen LogP contribution is 2.45. The van der Waals surface area contributed by atoms with Crippen molar-refractivity contribution >= 4 is 5.57 Å². The minimum Gasteiger partial charge on any atom is -0.424 e. The molecule has 1 aliphatic heterocycles. The third-order valence-electron chi connectivity index (χ3n) is 5.58. The van der Waals surface area contributed by atoms with Crippen LogP contribution < -0.4 is 5.73 Å². The molecule has 8 heteroatoms. The molecule has 0 aliphatic carbocycles. The Morgan fingerprint density at radius 3 is 2.55 bits per heavy atom. The lowest BCUT2D eigenvalue weighted by Crippen LogP contribution is -2.27. The van der Waals surface area contributed by atoms with E-state index >= 15 is 0 Å². The highest BCUT2D eigenvalue weighted by molar-refractivity contribution is 5.81. The van der Waals surface area contributed by atoms with E-state index < -0.39 is 5.92 Å². The second kappa shape index (κ2) is 9.01. The molecule has 166 valence electrons. The van der Waals surface area contributed by atoms with Gasteiger partial charge in [-0.05, 0) is 23.3 Å². The van der Waals surface area contributed by atoms with Crippen molar-refractivity contribution < 1.29 is 4.74 Å². The van der Waals surface area contributed by atoms with E-state index in [2.05, 4.69) is 34.5 Å². The number of hydrogen-bond acceptors (Lipinski definition) is 7. The molecule has 33 heavy (non-hydrogen) atoms. The number of benzene rings is 1. The number of hydrogen-bond donors (Lipinski definition) is 1. The fourth-order valence-electron chi connectivity index (χ4n) is 3.98. The number of aromatic nitrogens is 4. The third kappa shape index (κ3) is 3.96. The minimum absolute atomic E-state index is 0.0824. The van der Waals surface area contributed by atoms with E-state index in [4.69, 9.17) is 10.5 Å². The molecule has 8 nitrogen and oxygen atoms in total. The Bertz CT molecular complexity index is 1280. The molecule has 3 heterocycles. The molecule has 4 rings (SSSR count). The molecule has 1 aromatic carbocycles. The van der Waals surface area contributed by atoms with Gasteiger partial charge in [-0.25, -0.2) is 15.0 Å². The van der Waals surface area contributed by atoms with Crippen molar-refractivity contribution in [3.05, 3.63) is 102 Å². The van der Waals surface area contributed by atoms with Crippen molar-refractivity contribution in [2.75, 3.05) is 14.1 Å². The molecule has 1 unspecified atom stereocenters. The van der Waals surface area contributed by atoms with Crippen LogP contribution in [0.25, 0.3) is 11.3 Å². The van der Waals surface area contributed by atoms with Crippen LogP contribution in [-0.2, 0) is 11.2 Å². The lowest BCUT2D eigenvalue weighted by atomic mass is 9.79. The Balaban J connectivity index is 1.85. The molecule has 3 aromatic rings. The Hall–Kier alpha value is -4.38. The number of allylic oxidation sites excluding steroid dienone is 3. The molecule has 2 aromatic heterocycles. The molecule has 0 amide bonds. The summed E-state index contributed by atoms with van der Waals surface area (Å²) in [6.07, 6.45) is 9.39. The molecule has 1 aliphatic rings. The monoisotopic (exact) mass is 439 g/mol. The number of ether oxygens (including phenoxy) is 1. The summed E-state index contributed by atoms with van der Waals surface area (Å²) in [5.74, 6) is 1.12. The van der Waals surface area contributed by atoms with E-state index in [0.717, 1.165) is 34.6 Å². The molecule has 0 radical (unpaired) electrons. The van der Waals surface area contributed by atoms with Gasteiger partial charge in [0.05, 0.1) is 5.92 Å². The van der Waals surface area contributed by atoms with Gasteiger partial charge in [-0.15, -0.1) is 0 Å². The Kier molecular flexibility index (Phi) is 5.96. The van der Waals surface area contributed by atoms with E-state index in [1.165, 1.54) is 6.33 Å². The van der Waals surface area contributed by atoms with Crippen molar-refractivity contribution in [3.63, 3.8) is 0 Å². The van der Waals surface area contributed by atoms with Crippen LogP contribution in [0.5, 0.6) is 0 Å².